The molecule has 0 radical (unpaired) electrons. The molecule has 1 unspecified atom stereocenters. The van der Waals surface area contributed by atoms with Gasteiger partial charge in [-0.2, -0.15) is 0 Å². The molecule has 2 heterocycles. The molecule has 0 aliphatic carbocycles. The molecule has 1 aliphatic heterocycles. The van der Waals surface area contributed by atoms with Crippen LogP contribution in [-0.4, -0.2) is 53.6 Å². The van der Waals surface area contributed by atoms with Crippen LogP contribution in [0.25, 0.3) is 0 Å². The number of nitrogens with zero attached hydrogens (tertiary/aromatic N) is 4. The molecule has 2 aromatic rings. The molecule has 0 spiro atoms. The zero-order valence-corrected chi connectivity index (χ0v) is 17.7. The number of hydrazine groups is 1. The third-order valence-corrected chi connectivity index (χ3v) is 4.97. The molecule has 12 heteroatoms. The highest BCUT2D eigenvalue weighted by Crippen LogP contribution is 2.34. The number of hydrogen-bond acceptors (Lipinski definition) is 10. The van der Waals surface area contributed by atoms with Crippen LogP contribution in [0.2, 0.25) is 0 Å². The molecule has 170 valence electrons. The first-order valence-corrected chi connectivity index (χ1v) is 10.1. The summed E-state index contributed by atoms with van der Waals surface area (Å²) in [7, 11) is 1.43. The fourth-order valence-electron chi connectivity index (χ4n) is 3.50. The molecule has 1 aromatic heterocycles. The van der Waals surface area contributed by atoms with Crippen molar-refractivity contribution in [3.05, 3.63) is 46.3 Å². The number of para-hydroxylation sites is 1. The molecule has 1 fully saturated rings. The summed E-state index contributed by atoms with van der Waals surface area (Å²) < 4.78 is 10.2. The lowest BCUT2D eigenvalue weighted by Gasteiger charge is -2.32. The summed E-state index contributed by atoms with van der Waals surface area (Å²) in [4.78, 5) is 45.6. The van der Waals surface area contributed by atoms with Crippen LogP contribution in [0, 0.1) is 16.0 Å². The Labute approximate surface area is 184 Å². The van der Waals surface area contributed by atoms with Crippen molar-refractivity contribution < 1.29 is 24.0 Å². The van der Waals surface area contributed by atoms with Gasteiger partial charge in [0.15, 0.2) is 0 Å². The first-order chi connectivity index (χ1) is 15.5. The average molecular weight is 444 g/mol. The van der Waals surface area contributed by atoms with Gasteiger partial charge in [-0.1, -0.05) is 12.1 Å². The van der Waals surface area contributed by atoms with Gasteiger partial charge >= 0.3 is 11.7 Å². The lowest BCUT2D eigenvalue weighted by atomic mass is 9.98. The molecule has 1 saturated heterocycles. The van der Waals surface area contributed by atoms with Crippen LogP contribution in [0.15, 0.2) is 30.6 Å². The zero-order valence-electron chi connectivity index (χ0n) is 17.7. The first kappa shape index (κ1) is 22.7. The van der Waals surface area contributed by atoms with Crippen molar-refractivity contribution >= 4 is 29.2 Å². The standard InChI is InChI=1S/C20H24N6O6/c1-3-32-20(28)13-7-6-10-25(11-13)18-16(26(29)30)17(21-12-22-18)23-24-19(27)14-8-4-5-9-15(14)31-2/h4-5,8-9,12-13H,3,6-7,10-11H2,1-2H3,(H,24,27)(H,21,22,23). The van der Waals surface area contributed by atoms with E-state index >= 15 is 0 Å². The molecule has 3 rings (SSSR count). The summed E-state index contributed by atoms with van der Waals surface area (Å²) in [5.74, 6) is -1.06. The predicted molar refractivity (Wildman–Crippen MR) is 114 cm³/mol. The van der Waals surface area contributed by atoms with Gasteiger partial charge in [0.1, 0.15) is 12.1 Å². The number of carbonyl (C=O) groups is 2. The summed E-state index contributed by atoms with van der Waals surface area (Å²) in [6.45, 7) is 2.72. The number of esters is 1. The number of nitrogens with one attached hydrogen (secondary N) is 2. The van der Waals surface area contributed by atoms with E-state index < -0.39 is 22.4 Å². The highest BCUT2D eigenvalue weighted by Gasteiger charge is 2.33. The van der Waals surface area contributed by atoms with E-state index in [9.17, 15) is 19.7 Å². The van der Waals surface area contributed by atoms with Gasteiger partial charge < -0.3 is 14.4 Å². The van der Waals surface area contributed by atoms with E-state index in [4.69, 9.17) is 9.47 Å². The van der Waals surface area contributed by atoms with Crippen LogP contribution >= 0.6 is 0 Å². The first-order valence-electron chi connectivity index (χ1n) is 10.1. The number of benzene rings is 1. The number of anilines is 2. The molecule has 0 saturated carbocycles. The number of amides is 1. The molecule has 1 atom stereocenters. The second kappa shape index (κ2) is 10.4. The third kappa shape index (κ3) is 5.02. The van der Waals surface area contributed by atoms with Crippen molar-refractivity contribution in [3.8, 4) is 5.75 Å². The van der Waals surface area contributed by atoms with E-state index in [1.165, 1.54) is 7.11 Å². The molecular formula is C20H24N6O6. The van der Waals surface area contributed by atoms with Crippen LogP contribution in [0.4, 0.5) is 17.3 Å². The average Bonchev–Trinajstić information content (AvgIpc) is 2.82. The van der Waals surface area contributed by atoms with Gasteiger partial charge in [0.25, 0.3) is 5.91 Å². The normalized spacial score (nSPS) is 15.6. The Bertz CT molecular complexity index is 1000. The molecule has 12 nitrogen and oxygen atoms in total. The van der Waals surface area contributed by atoms with Crippen LogP contribution in [0.1, 0.15) is 30.1 Å². The Kier molecular flexibility index (Phi) is 7.37. The van der Waals surface area contributed by atoms with Crippen LogP contribution < -0.4 is 20.5 Å². The largest absolute Gasteiger partial charge is 0.496 e. The molecule has 1 aliphatic rings. The Hall–Kier alpha value is -3.96. The highest BCUT2D eigenvalue weighted by molar-refractivity contribution is 5.97. The fourth-order valence-corrected chi connectivity index (χ4v) is 3.50. The Morgan fingerprint density at radius 2 is 2.09 bits per heavy atom. The monoisotopic (exact) mass is 444 g/mol. The Morgan fingerprint density at radius 1 is 1.31 bits per heavy atom. The lowest BCUT2D eigenvalue weighted by molar-refractivity contribution is -0.383. The molecule has 32 heavy (non-hydrogen) atoms. The van der Waals surface area contributed by atoms with Gasteiger partial charge in [-0.05, 0) is 31.9 Å². The number of rotatable bonds is 8. The van der Waals surface area contributed by atoms with Crippen LogP contribution in [-0.2, 0) is 9.53 Å². The fraction of sp³-hybridized carbons (Fsp3) is 0.400. The number of hydrogen-bond donors (Lipinski definition) is 2. The summed E-state index contributed by atoms with van der Waals surface area (Å²) in [5.41, 5.74) is 4.75. The highest BCUT2D eigenvalue weighted by atomic mass is 16.6. The van der Waals surface area contributed by atoms with Gasteiger partial charge in [-0.25, -0.2) is 9.97 Å². The van der Waals surface area contributed by atoms with E-state index in [0.717, 1.165) is 6.33 Å². The van der Waals surface area contributed by atoms with Crippen molar-refractivity contribution in [2.45, 2.75) is 19.8 Å². The van der Waals surface area contributed by atoms with E-state index in [2.05, 4.69) is 20.8 Å². The van der Waals surface area contributed by atoms with Gasteiger partial charge in [-0.3, -0.25) is 30.6 Å². The Balaban J connectivity index is 1.81. The number of aromatic nitrogens is 2. The third-order valence-electron chi connectivity index (χ3n) is 4.97. The number of ether oxygens (including phenoxy) is 2. The summed E-state index contributed by atoms with van der Waals surface area (Å²) in [6.07, 6.45) is 2.44. The van der Waals surface area contributed by atoms with Gasteiger partial charge in [0.2, 0.25) is 11.6 Å². The number of carbonyl (C=O) groups excluding carboxylic acids is 2. The van der Waals surface area contributed by atoms with E-state index in [1.54, 1.807) is 36.1 Å². The number of nitro groups is 1. The molecule has 0 bridgehead atoms. The maximum absolute atomic E-state index is 12.5. The van der Waals surface area contributed by atoms with Crippen molar-refractivity contribution in [2.75, 3.05) is 37.1 Å². The van der Waals surface area contributed by atoms with E-state index in [1.807, 2.05) is 0 Å². The van der Waals surface area contributed by atoms with Gasteiger partial charge in [0.05, 0.1) is 30.1 Å². The lowest BCUT2D eigenvalue weighted by Crippen LogP contribution is -2.40. The smallest absolute Gasteiger partial charge is 0.355 e. The topological polar surface area (TPSA) is 149 Å². The van der Waals surface area contributed by atoms with Gasteiger partial charge in [-0.15, -0.1) is 0 Å². The quantitative estimate of drug-likeness (QED) is 0.351. The van der Waals surface area contributed by atoms with Crippen molar-refractivity contribution in [2.24, 2.45) is 5.92 Å². The summed E-state index contributed by atoms with van der Waals surface area (Å²) in [6, 6.07) is 6.56. The number of piperidine rings is 1. The summed E-state index contributed by atoms with van der Waals surface area (Å²) in [5, 5.41) is 11.9. The van der Waals surface area contributed by atoms with Crippen LogP contribution in [0.3, 0.4) is 0 Å². The number of methoxy groups -OCH3 is 1. The maximum Gasteiger partial charge on any atom is 0.355 e. The van der Waals surface area contributed by atoms with Gasteiger partial charge in [0, 0.05) is 13.1 Å². The maximum atomic E-state index is 12.5. The molecule has 1 amide bonds. The Morgan fingerprint density at radius 3 is 2.81 bits per heavy atom. The predicted octanol–water partition coefficient (Wildman–Crippen LogP) is 1.93. The van der Waals surface area contributed by atoms with Crippen molar-refractivity contribution in [1.29, 1.82) is 0 Å². The molecule has 2 N–H and O–H groups in total. The SMILES string of the molecule is CCOC(=O)C1CCCN(c2ncnc(NNC(=O)c3ccccc3OC)c2[N+](=O)[O-])C1. The van der Waals surface area contributed by atoms with Crippen molar-refractivity contribution in [1.82, 2.24) is 15.4 Å². The van der Waals surface area contributed by atoms with E-state index in [0.29, 0.717) is 25.1 Å². The minimum atomic E-state index is -0.624. The second-order valence-corrected chi connectivity index (χ2v) is 6.97. The van der Waals surface area contributed by atoms with E-state index in [-0.39, 0.29) is 36.3 Å². The minimum absolute atomic E-state index is 0.0630. The zero-order chi connectivity index (χ0) is 23.1. The second-order valence-electron chi connectivity index (χ2n) is 6.97. The van der Waals surface area contributed by atoms with Crippen molar-refractivity contribution in [3.63, 3.8) is 0 Å². The molecule has 1 aromatic carbocycles. The minimum Gasteiger partial charge on any atom is -0.496 e. The molecular weight excluding hydrogens is 420 g/mol. The van der Waals surface area contributed by atoms with Crippen LogP contribution in [0.5, 0.6) is 5.75 Å². The summed E-state index contributed by atoms with van der Waals surface area (Å²) >= 11 is 0.